The Labute approximate surface area is 112 Å². The van der Waals surface area contributed by atoms with Gasteiger partial charge in [0.15, 0.2) is 0 Å². The van der Waals surface area contributed by atoms with Crippen LogP contribution in [0.3, 0.4) is 0 Å². The fraction of sp³-hybridized carbons (Fsp3) is 0.688. The number of pyridine rings is 1. The molecule has 0 saturated heterocycles. The summed E-state index contributed by atoms with van der Waals surface area (Å²) in [6.07, 6.45) is 1.21. The molecule has 2 heteroatoms. The van der Waals surface area contributed by atoms with Gasteiger partial charge < -0.3 is 5.32 Å². The van der Waals surface area contributed by atoms with E-state index >= 15 is 0 Å². The summed E-state index contributed by atoms with van der Waals surface area (Å²) in [4.78, 5) is 4.58. The fourth-order valence-electron chi connectivity index (χ4n) is 2.97. The predicted molar refractivity (Wildman–Crippen MR) is 78.9 cm³/mol. The number of rotatable bonds is 5. The molecule has 2 atom stereocenters. The molecule has 0 spiro atoms. The Morgan fingerprint density at radius 3 is 2.22 bits per heavy atom. The normalized spacial score (nSPS) is 14.9. The van der Waals surface area contributed by atoms with E-state index in [1.165, 1.54) is 17.5 Å². The first kappa shape index (κ1) is 15.2. The number of hydrogen-bond donors (Lipinski definition) is 1. The molecule has 0 aromatic carbocycles. The Hall–Kier alpha value is -0.890. The van der Waals surface area contributed by atoms with E-state index in [0.717, 1.165) is 17.3 Å². The van der Waals surface area contributed by atoms with Crippen LogP contribution in [0, 0.1) is 26.7 Å². The van der Waals surface area contributed by atoms with Gasteiger partial charge in [-0.25, -0.2) is 0 Å². The third-order valence-corrected chi connectivity index (χ3v) is 3.38. The van der Waals surface area contributed by atoms with Crippen molar-refractivity contribution >= 4 is 0 Å². The zero-order valence-corrected chi connectivity index (χ0v) is 13.0. The van der Waals surface area contributed by atoms with Crippen LogP contribution in [-0.2, 0) is 0 Å². The summed E-state index contributed by atoms with van der Waals surface area (Å²) in [6.45, 7) is 15.4. The SMILES string of the molecule is Cc1cc(C)c(C(C)NC(C)CC(C)C)c(C)n1. The molecule has 1 aromatic heterocycles. The lowest BCUT2D eigenvalue weighted by molar-refractivity contribution is 0.405. The number of aryl methyl sites for hydroxylation is 3. The average molecular weight is 248 g/mol. The van der Waals surface area contributed by atoms with Crippen LogP contribution < -0.4 is 5.32 Å². The van der Waals surface area contributed by atoms with Crippen LogP contribution in [0.25, 0.3) is 0 Å². The van der Waals surface area contributed by atoms with Crippen LogP contribution in [0.1, 0.15) is 62.7 Å². The van der Waals surface area contributed by atoms with Crippen LogP contribution in [0.5, 0.6) is 0 Å². The van der Waals surface area contributed by atoms with Gasteiger partial charge in [-0.1, -0.05) is 13.8 Å². The van der Waals surface area contributed by atoms with E-state index in [1.54, 1.807) is 0 Å². The molecule has 0 amide bonds. The minimum atomic E-state index is 0.367. The fourth-order valence-corrected chi connectivity index (χ4v) is 2.97. The smallest absolute Gasteiger partial charge is 0.0426 e. The van der Waals surface area contributed by atoms with Crippen molar-refractivity contribution in [3.8, 4) is 0 Å². The van der Waals surface area contributed by atoms with Crippen molar-refractivity contribution in [1.29, 1.82) is 0 Å². The van der Waals surface area contributed by atoms with Gasteiger partial charge in [0.2, 0.25) is 0 Å². The second-order valence-electron chi connectivity index (χ2n) is 6.00. The third-order valence-electron chi connectivity index (χ3n) is 3.38. The van der Waals surface area contributed by atoms with Crippen molar-refractivity contribution < 1.29 is 0 Å². The maximum absolute atomic E-state index is 4.58. The first-order chi connectivity index (χ1) is 8.31. The summed E-state index contributed by atoms with van der Waals surface area (Å²) in [6, 6.07) is 3.08. The number of hydrogen-bond acceptors (Lipinski definition) is 2. The van der Waals surface area contributed by atoms with E-state index in [1.807, 2.05) is 0 Å². The van der Waals surface area contributed by atoms with Gasteiger partial charge in [-0.3, -0.25) is 4.98 Å². The highest BCUT2D eigenvalue weighted by Crippen LogP contribution is 2.22. The van der Waals surface area contributed by atoms with Crippen LogP contribution in [0.15, 0.2) is 6.07 Å². The largest absolute Gasteiger partial charge is 0.308 e. The first-order valence-electron chi connectivity index (χ1n) is 7.02. The molecule has 0 aliphatic heterocycles. The third kappa shape index (κ3) is 4.09. The lowest BCUT2D eigenvalue weighted by Gasteiger charge is -2.24. The Balaban J connectivity index is 2.81. The summed E-state index contributed by atoms with van der Waals surface area (Å²) in [5, 5.41) is 3.69. The standard InChI is InChI=1S/C16H28N2/c1-10(2)8-12(4)17-14(6)16-11(3)9-13(5)18-15(16)7/h9-10,12,14,17H,8H2,1-7H3. The second kappa shape index (κ2) is 6.33. The molecule has 0 fully saturated rings. The zero-order chi connectivity index (χ0) is 13.9. The molecule has 102 valence electrons. The molecule has 1 rings (SSSR count). The molecule has 1 aromatic rings. The Bertz CT molecular complexity index is 373. The highest BCUT2D eigenvalue weighted by molar-refractivity contribution is 5.33. The van der Waals surface area contributed by atoms with Gasteiger partial charge >= 0.3 is 0 Å². The van der Waals surface area contributed by atoms with Crippen LogP contribution in [-0.4, -0.2) is 11.0 Å². The maximum atomic E-state index is 4.58. The predicted octanol–water partition coefficient (Wildman–Crippen LogP) is 4.09. The van der Waals surface area contributed by atoms with Crippen molar-refractivity contribution in [2.75, 3.05) is 0 Å². The topological polar surface area (TPSA) is 24.9 Å². The lowest BCUT2D eigenvalue weighted by Crippen LogP contribution is -2.31. The molecule has 0 saturated carbocycles. The van der Waals surface area contributed by atoms with Crippen molar-refractivity contribution in [3.63, 3.8) is 0 Å². The van der Waals surface area contributed by atoms with E-state index in [-0.39, 0.29) is 0 Å². The van der Waals surface area contributed by atoms with Crippen LogP contribution in [0.2, 0.25) is 0 Å². The lowest BCUT2D eigenvalue weighted by atomic mass is 9.98. The van der Waals surface area contributed by atoms with E-state index in [4.69, 9.17) is 0 Å². The van der Waals surface area contributed by atoms with Crippen LogP contribution in [0.4, 0.5) is 0 Å². The number of nitrogens with zero attached hydrogens (tertiary/aromatic N) is 1. The van der Waals surface area contributed by atoms with Crippen molar-refractivity contribution in [1.82, 2.24) is 10.3 Å². The molecule has 18 heavy (non-hydrogen) atoms. The molecular weight excluding hydrogens is 220 g/mol. The number of aromatic nitrogens is 1. The second-order valence-corrected chi connectivity index (χ2v) is 6.00. The van der Waals surface area contributed by atoms with Gasteiger partial charge in [-0.05, 0) is 64.2 Å². The first-order valence-corrected chi connectivity index (χ1v) is 7.02. The summed E-state index contributed by atoms with van der Waals surface area (Å²) in [5.41, 5.74) is 4.97. The van der Waals surface area contributed by atoms with Gasteiger partial charge in [0.05, 0.1) is 0 Å². The highest BCUT2D eigenvalue weighted by Gasteiger charge is 2.15. The quantitative estimate of drug-likeness (QED) is 0.849. The van der Waals surface area contributed by atoms with Crippen LogP contribution >= 0.6 is 0 Å². The van der Waals surface area contributed by atoms with Gasteiger partial charge in [0.25, 0.3) is 0 Å². The molecule has 0 bridgehead atoms. The summed E-state index contributed by atoms with van der Waals surface area (Å²) in [7, 11) is 0. The maximum Gasteiger partial charge on any atom is 0.0426 e. The molecule has 1 heterocycles. The van der Waals surface area contributed by atoms with E-state index in [0.29, 0.717) is 12.1 Å². The van der Waals surface area contributed by atoms with Gasteiger partial charge in [-0.15, -0.1) is 0 Å². The molecular formula is C16H28N2. The van der Waals surface area contributed by atoms with E-state index in [9.17, 15) is 0 Å². The molecule has 0 radical (unpaired) electrons. The van der Waals surface area contributed by atoms with Gasteiger partial charge in [0, 0.05) is 23.5 Å². The van der Waals surface area contributed by atoms with E-state index < -0.39 is 0 Å². The summed E-state index contributed by atoms with van der Waals surface area (Å²) >= 11 is 0. The Morgan fingerprint density at radius 1 is 1.11 bits per heavy atom. The zero-order valence-electron chi connectivity index (χ0n) is 13.0. The molecule has 0 aliphatic carbocycles. The molecule has 0 aliphatic rings. The van der Waals surface area contributed by atoms with Crippen molar-refractivity contribution in [3.05, 3.63) is 28.6 Å². The molecule has 2 nitrogen and oxygen atoms in total. The average Bonchev–Trinajstić information content (AvgIpc) is 2.12. The minimum Gasteiger partial charge on any atom is -0.308 e. The molecule has 2 unspecified atom stereocenters. The van der Waals surface area contributed by atoms with E-state index in [2.05, 4.69) is 64.8 Å². The number of nitrogens with one attached hydrogen (secondary N) is 1. The van der Waals surface area contributed by atoms with Crippen molar-refractivity contribution in [2.45, 2.75) is 67.0 Å². The molecule has 1 N–H and O–H groups in total. The monoisotopic (exact) mass is 248 g/mol. The van der Waals surface area contributed by atoms with Gasteiger partial charge in [0.1, 0.15) is 0 Å². The summed E-state index contributed by atoms with van der Waals surface area (Å²) < 4.78 is 0. The highest BCUT2D eigenvalue weighted by atomic mass is 14.9. The van der Waals surface area contributed by atoms with Gasteiger partial charge in [-0.2, -0.15) is 0 Å². The summed E-state index contributed by atoms with van der Waals surface area (Å²) in [5.74, 6) is 0.734. The Kier molecular flexibility index (Phi) is 5.33. The van der Waals surface area contributed by atoms with Crippen molar-refractivity contribution in [2.24, 2.45) is 5.92 Å². The minimum absolute atomic E-state index is 0.367. The Morgan fingerprint density at radius 2 is 1.72 bits per heavy atom.